The molecule has 0 amide bonds. The molecule has 1 N–H and O–H groups in total. The summed E-state index contributed by atoms with van der Waals surface area (Å²) in [7, 11) is -4.03. The van der Waals surface area contributed by atoms with Crippen molar-refractivity contribution in [3.63, 3.8) is 0 Å². The number of rotatable bonds is 5. The van der Waals surface area contributed by atoms with E-state index in [0.29, 0.717) is 11.3 Å². The molecule has 0 aliphatic carbocycles. The molecule has 0 heterocycles. The molecule has 0 aromatic heterocycles. The van der Waals surface area contributed by atoms with E-state index in [4.69, 9.17) is 0 Å². The molecule has 8 heteroatoms. The molecule has 7 nitrogen and oxygen atoms in total. The predicted octanol–water partition coefficient (Wildman–Crippen LogP) is 3.76. The average molecular weight is 383 g/mol. The van der Waals surface area contributed by atoms with Crippen LogP contribution in [0.4, 0.5) is 5.69 Å². The minimum atomic E-state index is -4.03. The minimum Gasteiger partial charge on any atom is -0.258 e. The van der Waals surface area contributed by atoms with Gasteiger partial charge >= 0.3 is 0 Å². The Hall–Kier alpha value is -3.26. The number of benzene rings is 3. The van der Waals surface area contributed by atoms with Crippen LogP contribution < -0.4 is 4.83 Å². The Morgan fingerprint density at radius 1 is 1.07 bits per heavy atom. The zero-order valence-electron chi connectivity index (χ0n) is 14.7. The fourth-order valence-electron chi connectivity index (χ4n) is 2.74. The first kappa shape index (κ1) is 18.5. The van der Waals surface area contributed by atoms with Crippen LogP contribution in [0, 0.1) is 17.0 Å². The van der Waals surface area contributed by atoms with Crippen LogP contribution in [0.2, 0.25) is 0 Å². The van der Waals surface area contributed by atoms with Gasteiger partial charge in [0, 0.05) is 17.2 Å². The normalized spacial score (nSPS) is 12.1. The van der Waals surface area contributed by atoms with Crippen molar-refractivity contribution in [3.05, 3.63) is 81.9 Å². The molecule has 0 saturated carbocycles. The van der Waals surface area contributed by atoms with E-state index in [-0.39, 0.29) is 10.6 Å². The Labute approximate surface area is 156 Å². The van der Waals surface area contributed by atoms with Gasteiger partial charge in [-0.05, 0) is 30.7 Å². The van der Waals surface area contributed by atoms with Gasteiger partial charge in [0.05, 0.1) is 15.5 Å². The number of nitro groups is 1. The number of sulfonamides is 1. The predicted molar refractivity (Wildman–Crippen MR) is 104 cm³/mol. The largest absolute Gasteiger partial charge is 0.276 e. The van der Waals surface area contributed by atoms with E-state index >= 15 is 0 Å². The highest BCUT2D eigenvalue weighted by molar-refractivity contribution is 7.89. The zero-order chi connectivity index (χ0) is 19.6. The van der Waals surface area contributed by atoms with Gasteiger partial charge in [0.1, 0.15) is 0 Å². The molecular formula is C19H17N3O4S. The summed E-state index contributed by atoms with van der Waals surface area (Å²) in [6.07, 6.45) is 0. The monoisotopic (exact) mass is 383 g/mol. The lowest BCUT2D eigenvalue weighted by Crippen LogP contribution is -2.20. The van der Waals surface area contributed by atoms with Gasteiger partial charge in [-0.3, -0.25) is 10.1 Å². The average Bonchev–Trinajstić information content (AvgIpc) is 2.65. The second kappa shape index (κ2) is 7.16. The van der Waals surface area contributed by atoms with Crippen LogP contribution in [0.15, 0.2) is 70.7 Å². The fraction of sp³-hybridized carbons (Fsp3) is 0.105. The quantitative estimate of drug-likeness (QED) is 0.412. The van der Waals surface area contributed by atoms with E-state index in [1.807, 2.05) is 42.5 Å². The van der Waals surface area contributed by atoms with Gasteiger partial charge in [0.25, 0.3) is 15.7 Å². The Morgan fingerprint density at radius 3 is 2.52 bits per heavy atom. The van der Waals surface area contributed by atoms with Gasteiger partial charge in [0.15, 0.2) is 0 Å². The molecule has 3 aromatic carbocycles. The number of fused-ring (bicyclic) bond motifs is 1. The van der Waals surface area contributed by atoms with E-state index in [2.05, 4.69) is 9.93 Å². The minimum absolute atomic E-state index is 0.214. The Kier molecular flexibility index (Phi) is 4.91. The molecule has 0 unspecified atom stereocenters. The molecule has 3 aromatic rings. The van der Waals surface area contributed by atoms with Gasteiger partial charge in [-0.2, -0.15) is 18.4 Å². The van der Waals surface area contributed by atoms with E-state index in [0.717, 1.165) is 22.4 Å². The van der Waals surface area contributed by atoms with Crippen molar-refractivity contribution < 1.29 is 13.3 Å². The third-order valence-corrected chi connectivity index (χ3v) is 5.41. The summed E-state index contributed by atoms with van der Waals surface area (Å²) < 4.78 is 25.0. The van der Waals surface area contributed by atoms with Gasteiger partial charge in [-0.1, -0.05) is 48.5 Å². The van der Waals surface area contributed by atoms with Crippen molar-refractivity contribution in [3.8, 4) is 0 Å². The van der Waals surface area contributed by atoms with Crippen molar-refractivity contribution in [2.45, 2.75) is 18.7 Å². The lowest BCUT2D eigenvalue weighted by molar-refractivity contribution is -0.385. The first-order chi connectivity index (χ1) is 12.8. The van der Waals surface area contributed by atoms with Crippen LogP contribution in [0.5, 0.6) is 0 Å². The van der Waals surface area contributed by atoms with Crippen LogP contribution in [0.25, 0.3) is 10.8 Å². The van der Waals surface area contributed by atoms with Crippen molar-refractivity contribution in [1.29, 1.82) is 0 Å². The lowest BCUT2D eigenvalue weighted by Gasteiger charge is -2.08. The fourth-order valence-corrected chi connectivity index (χ4v) is 3.61. The van der Waals surface area contributed by atoms with Gasteiger partial charge < -0.3 is 0 Å². The molecule has 3 rings (SSSR count). The van der Waals surface area contributed by atoms with Crippen molar-refractivity contribution >= 4 is 32.2 Å². The third-order valence-electron chi connectivity index (χ3n) is 4.20. The Balaban J connectivity index is 1.94. The van der Waals surface area contributed by atoms with Crippen molar-refractivity contribution in [2.75, 3.05) is 0 Å². The van der Waals surface area contributed by atoms with Crippen LogP contribution in [0.3, 0.4) is 0 Å². The number of nitrogens with zero attached hydrogens (tertiary/aromatic N) is 2. The highest BCUT2D eigenvalue weighted by Crippen LogP contribution is 2.22. The Bertz CT molecular complexity index is 1170. The van der Waals surface area contributed by atoms with Gasteiger partial charge in [0.2, 0.25) is 0 Å². The molecule has 0 fully saturated rings. The highest BCUT2D eigenvalue weighted by atomic mass is 32.2. The molecule has 27 heavy (non-hydrogen) atoms. The molecule has 0 aliphatic heterocycles. The number of nitro benzene ring substituents is 1. The topological polar surface area (TPSA) is 102 Å². The Morgan fingerprint density at radius 2 is 1.78 bits per heavy atom. The van der Waals surface area contributed by atoms with Crippen LogP contribution in [-0.4, -0.2) is 19.1 Å². The molecule has 0 aliphatic rings. The highest BCUT2D eigenvalue weighted by Gasteiger charge is 2.19. The van der Waals surface area contributed by atoms with Gasteiger partial charge in [-0.15, -0.1) is 0 Å². The second-order valence-corrected chi connectivity index (χ2v) is 7.68. The number of hydrogen-bond acceptors (Lipinski definition) is 5. The van der Waals surface area contributed by atoms with Crippen LogP contribution in [0.1, 0.15) is 18.1 Å². The summed E-state index contributed by atoms with van der Waals surface area (Å²) in [6, 6.07) is 17.1. The number of hydrogen-bond donors (Lipinski definition) is 1. The van der Waals surface area contributed by atoms with E-state index in [9.17, 15) is 18.5 Å². The van der Waals surface area contributed by atoms with Crippen LogP contribution in [-0.2, 0) is 10.0 Å². The van der Waals surface area contributed by atoms with Gasteiger partial charge in [-0.25, -0.2) is 0 Å². The first-order valence-corrected chi connectivity index (χ1v) is 9.57. The molecule has 0 saturated heterocycles. The molecule has 0 spiro atoms. The van der Waals surface area contributed by atoms with Crippen molar-refractivity contribution in [2.24, 2.45) is 5.10 Å². The summed E-state index contributed by atoms with van der Waals surface area (Å²) in [6.45, 7) is 3.24. The summed E-state index contributed by atoms with van der Waals surface area (Å²) in [5, 5.41) is 17.0. The summed E-state index contributed by atoms with van der Waals surface area (Å²) >= 11 is 0. The first-order valence-electron chi connectivity index (χ1n) is 8.09. The van der Waals surface area contributed by atoms with E-state index < -0.39 is 14.9 Å². The second-order valence-electron chi connectivity index (χ2n) is 6.02. The maximum atomic E-state index is 12.5. The molecule has 0 bridgehead atoms. The van der Waals surface area contributed by atoms with E-state index in [1.54, 1.807) is 13.8 Å². The maximum Gasteiger partial charge on any atom is 0.276 e. The summed E-state index contributed by atoms with van der Waals surface area (Å²) in [5.41, 5.74) is 1.41. The zero-order valence-corrected chi connectivity index (χ0v) is 15.5. The summed E-state index contributed by atoms with van der Waals surface area (Å²) in [5.74, 6) is 0. The summed E-state index contributed by atoms with van der Waals surface area (Å²) in [4.78, 5) is 12.4. The SMILES string of the molecule is C/C(=N/NS(=O)(=O)c1ccc(C)c([N+](=O)[O-])c1)c1cccc2ccccc12. The lowest BCUT2D eigenvalue weighted by atomic mass is 10.0. The van der Waals surface area contributed by atoms with E-state index in [1.165, 1.54) is 12.1 Å². The molecular weight excluding hydrogens is 366 g/mol. The van der Waals surface area contributed by atoms with Crippen LogP contribution >= 0.6 is 0 Å². The molecule has 0 radical (unpaired) electrons. The standard InChI is InChI=1S/C19H17N3O4S/c1-13-10-11-16(12-19(13)22(23)24)27(25,26)21-20-14(2)17-9-5-7-15-6-3-4-8-18(15)17/h3-12,21H,1-2H3/b20-14-. The van der Waals surface area contributed by atoms with Crippen molar-refractivity contribution in [1.82, 2.24) is 4.83 Å². The smallest absolute Gasteiger partial charge is 0.258 e. The number of aryl methyl sites for hydroxylation is 1. The molecule has 0 atom stereocenters. The molecule has 138 valence electrons. The third kappa shape index (κ3) is 3.80. The number of hydrazone groups is 1. The maximum absolute atomic E-state index is 12.5. The number of nitrogens with one attached hydrogen (secondary N) is 1.